The van der Waals surface area contributed by atoms with Crippen molar-refractivity contribution in [2.45, 2.75) is 25.7 Å². The van der Waals surface area contributed by atoms with Crippen LogP contribution in [0.2, 0.25) is 15.1 Å². The van der Waals surface area contributed by atoms with Crippen molar-refractivity contribution in [3.63, 3.8) is 0 Å². The molecular weight excluding hydrogens is 493 g/mol. The number of nitrogens with one attached hydrogen (secondary N) is 2. The highest BCUT2D eigenvalue weighted by Crippen LogP contribution is 2.27. The fourth-order valence-corrected chi connectivity index (χ4v) is 4.25. The summed E-state index contributed by atoms with van der Waals surface area (Å²) in [6, 6.07) is 20.4. The largest absolute Gasteiger partial charge is 0.399 e. The molecule has 0 aliphatic heterocycles. The van der Waals surface area contributed by atoms with Gasteiger partial charge in [0.05, 0.1) is 40.3 Å². The molecule has 0 amide bonds. The molecule has 0 radical (unpaired) electrons. The van der Waals surface area contributed by atoms with E-state index in [4.69, 9.17) is 45.9 Å². The summed E-state index contributed by atoms with van der Waals surface area (Å²) >= 11 is 18.4. The lowest BCUT2D eigenvalue weighted by atomic mass is 10.1. The van der Waals surface area contributed by atoms with Gasteiger partial charge in [0, 0.05) is 23.5 Å². The molecule has 0 aliphatic carbocycles. The Bertz CT molecular complexity index is 1400. The lowest BCUT2D eigenvalue weighted by Crippen LogP contribution is -2.28. The van der Waals surface area contributed by atoms with E-state index in [9.17, 15) is 5.11 Å². The monoisotopic (exact) mass is 515 g/mol. The molecule has 0 saturated carbocycles. The molecule has 9 heteroatoms. The van der Waals surface area contributed by atoms with Gasteiger partial charge in [-0.2, -0.15) is 0 Å². The predicted octanol–water partition coefficient (Wildman–Crippen LogP) is 5.21. The number of nitrogens with two attached hydrogens (primary N) is 1. The number of aromatic nitrogens is 2. The Morgan fingerprint density at radius 1 is 0.971 bits per heavy atom. The van der Waals surface area contributed by atoms with Gasteiger partial charge in [-0.25, -0.2) is 0 Å². The number of allylic oxidation sites excluding steroid dienone is 1. The summed E-state index contributed by atoms with van der Waals surface area (Å²) in [7, 11) is 0. The Labute approximate surface area is 212 Å². The van der Waals surface area contributed by atoms with Crippen LogP contribution in [0.5, 0.6) is 0 Å². The molecule has 4 rings (SSSR count). The highest BCUT2D eigenvalue weighted by atomic mass is 35.5. The molecule has 5 N–H and O–H groups in total. The highest BCUT2D eigenvalue weighted by molar-refractivity contribution is 6.42. The summed E-state index contributed by atoms with van der Waals surface area (Å²) in [5.41, 5.74) is 10.3. The van der Waals surface area contributed by atoms with Gasteiger partial charge in [-0.15, -0.1) is 0 Å². The number of rotatable bonds is 8. The Morgan fingerprint density at radius 2 is 1.74 bits per heavy atom. The molecule has 3 aromatic carbocycles. The van der Waals surface area contributed by atoms with Crippen LogP contribution in [0, 0.1) is 5.41 Å². The summed E-state index contributed by atoms with van der Waals surface area (Å²) in [5, 5.41) is 24.2. The predicted molar refractivity (Wildman–Crippen MR) is 138 cm³/mol. The Hall–Kier alpha value is -2.90. The molecule has 0 bridgehead atoms. The number of nitrogens with zero attached hydrogens (tertiary/aromatic N) is 2. The second-order valence-electron chi connectivity index (χ2n) is 7.93. The number of imidazole rings is 1. The minimum Gasteiger partial charge on any atom is -0.399 e. The van der Waals surface area contributed by atoms with Gasteiger partial charge in [0.2, 0.25) is 5.62 Å². The average molecular weight is 517 g/mol. The van der Waals surface area contributed by atoms with Crippen molar-refractivity contribution in [3.05, 3.63) is 110 Å². The van der Waals surface area contributed by atoms with Crippen LogP contribution < -0.4 is 16.7 Å². The lowest BCUT2D eigenvalue weighted by molar-refractivity contribution is 0.155. The molecule has 6 nitrogen and oxygen atoms in total. The number of aliphatic hydroxyl groups excluding tert-OH is 1. The molecule has 34 heavy (non-hydrogen) atoms. The summed E-state index contributed by atoms with van der Waals surface area (Å²) < 4.78 is 3.49. The molecule has 0 spiro atoms. The van der Waals surface area contributed by atoms with E-state index in [0.717, 1.165) is 16.6 Å². The zero-order valence-electron chi connectivity index (χ0n) is 18.2. The molecular formula is C25H24Cl3N5O. The maximum absolute atomic E-state index is 10.9. The number of benzene rings is 3. The molecule has 4 aromatic rings. The van der Waals surface area contributed by atoms with Gasteiger partial charge < -0.3 is 25.3 Å². The second kappa shape index (κ2) is 10.6. The summed E-state index contributed by atoms with van der Waals surface area (Å²) in [5.74, 6) is 0. The van der Waals surface area contributed by atoms with Gasteiger partial charge >= 0.3 is 0 Å². The van der Waals surface area contributed by atoms with Crippen LogP contribution in [0.4, 0.5) is 0 Å². The van der Waals surface area contributed by atoms with Crippen LogP contribution in [0.15, 0.2) is 78.6 Å². The van der Waals surface area contributed by atoms with Crippen LogP contribution in [0.3, 0.4) is 0 Å². The topological polar surface area (TPSA) is 92.0 Å². The molecule has 1 aromatic heterocycles. The Balaban J connectivity index is 1.60. The van der Waals surface area contributed by atoms with Gasteiger partial charge in [-0.1, -0.05) is 71.2 Å². The van der Waals surface area contributed by atoms with E-state index in [1.54, 1.807) is 45.7 Å². The molecule has 176 valence electrons. The third-order valence-corrected chi connectivity index (χ3v) is 6.47. The van der Waals surface area contributed by atoms with E-state index in [1.165, 1.54) is 0 Å². The van der Waals surface area contributed by atoms with Crippen molar-refractivity contribution < 1.29 is 5.11 Å². The summed E-state index contributed by atoms with van der Waals surface area (Å²) in [4.78, 5) is 0. The number of hydrogen-bond acceptors (Lipinski definition) is 4. The molecule has 1 heterocycles. The maximum Gasteiger partial charge on any atom is 0.203 e. The number of hydrogen-bond donors (Lipinski definition) is 4. The van der Waals surface area contributed by atoms with Gasteiger partial charge in [0.1, 0.15) is 0 Å². The third-order valence-electron chi connectivity index (χ3n) is 5.49. The average Bonchev–Trinajstić information content (AvgIpc) is 3.06. The minimum absolute atomic E-state index is 0.151. The first-order valence-electron chi connectivity index (χ1n) is 10.6. The van der Waals surface area contributed by atoms with Gasteiger partial charge in [-0.05, 0) is 41.5 Å². The van der Waals surface area contributed by atoms with E-state index in [2.05, 4.69) is 5.32 Å². The fourth-order valence-electron chi connectivity index (χ4n) is 3.78. The summed E-state index contributed by atoms with van der Waals surface area (Å²) in [6.07, 6.45) is 0.858. The first-order valence-corrected chi connectivity index (χ1v) is 11.7. The van der Waals surface area contributed by atoms with E-state index in [-0.39, 0.29) is 18.7 Å². The van der Waals surface area contributed by atoms with E-state index < -0.39 is 6.10 Å². The lowest BCUT2D eigenvalue weighted by Gasteiger charge is -2.13. The molecule has 1 unspecified atom stereocenters. The van der Waals surface area contributed by atoms with Crippen LogP contribution in [0.1, 0.15) is 17.2 Å². The normalized spacial score (nSPS) is 12.8. The van der Waals surface area contributed by atoms with Crippen molar-refractivity contribution in [1.82, 2.24) is 14.5 Å². The van der Waals surface area contributed by atoms with Crippen molar-refractivity contribution in [3.8, 4) is 0 Å². The van der Waals surface area contributed by atoms with Gasteiger partial charge in [0.25, 0.3) is 0 Å². The van der Waals surface area contributed by atoms with E-state index in [1.807, 2.05) is 36.4 Å². The number of fused-ring (bicyclic) bond motifs is 1. The fraction of sp³-hybridized carbons (Fsp3) is 0.160. The van der Waals surface area contributed by atoms with Crippen molar-refractivity contribution in [1.29, 1.82) is 5.41 Å². The Kier molecular flexibility index (Phi) is 7.54. The van der Waals surface area contributed by atoms with Crippen LogP contribution in [-0.4, -0.2) is 14.2 Å². The smallest absolute Gasteiger partial charge is 0.203 e. The summed E-state index contributed by atoms with van der Waals surface area (Å²) in [6.45, 7) is 1.08. The first kappa shape index (κ1) is 24.2. The standard InChI is InChI=1S/C25H24Cl3N5O/c26-18-7-9-22-23(11-18)32(14-19(29)13-31-12-16-4-2-1-3-5-16)25(30)33(22)15-24(34)17-6-8-20(27)21(28)10-17/h1-11,13,24,30-31,34H,12,14-15,29H2/b19-13-,30-25?. The minimum atomic E-state index is -0.890. The van der Waals surface area contributed by atoms with Crippen LogP contribution >= 0.6 is 34.8 Å². The molecule has 1 atom stereocenters. The van der Waals surface area contributed by atoms with E-state index >= 15 is 0 Å². The van der Waals surface area contributed by atoms with Gasteiger partial charge in [-0.3, -0.25) is 5.41 Å². The first-order chi connectivity index (χ1) is 16.3. The molecule has 0 saturated heterocycles. The third kappa shape index (κ3) is 5.42. The zero-order chi connectivity index (χ0) is 24.2. The number of aliphatic hydroxyl groups is 1. The van der Waals surface area contributed by atoms with Crippen molar-refractivity contribution >= 4 is 45.8 Å². The maximum atomic E-state index is 10.9. The quantitative estimate of drug-likeness (QED) is 0.259. The second-order valence-corrected chi connectivity index (χ2v) is 9.18. The van der Waals surface area contributed by atoms with Crippen LogP contribution in [-0.2, 0) is 19.6 Å². The van der Waals surface area contributed by atoms with Crippen LogP contribution in [0.25, 0.3) is 11.0 Å². The zero-order valence-corrected chi connectivity index (χ0v) is 20.4. The molecule has 0 aliphatic rings. The number of halogens is 3. The Morgan fingerprint density at radius 3 is 2.47 bits per heavy atom. The van der Waals surface area contributed by atoms with Crippen molar-refractivity contribution in [2.24, 2.45) is 5.73 Å². The van der Waals surface area contributed by atoms with E-state index in [0.29, 0.717) is 32.9 Å². The SMILES string of the molecule is N=c1n(C/C(N)=C/NCc2ccccc2)c2cc(Cl)ccc2n1CC(O)c1ccc(Cl)c(Cl)c1. The van der Waals surface area contributed by atoms with Gasteiger partial charge in [0.15, 0.2) is 0 Å². The highest BCUT2D eigenvalue weighted by Gasteiger charge is 2.17. The molecule has 0 fully saturated rings. The van der Waals surface area contributed by atoms with Crippen molar-refractivity contribution in [2.75, 3.05) is 0 Å².